The number of halogens is 1. The molecule has 0 aromatic carbocycles. The topological polar surface area (TPSA) is 12.0 Å². The van der Waals surface area contributed by atoms with E-state index in [4.69, 9.17) is 0 Å². The Labute approximate surface area is 75.4 Å². The van der Waals surface area contributed by atoms with Crippen molar-refractivity contribution in [3.63, 3.8) is 0 Å². The van der Waals surface area contributed by atoms with Gasteiger partial charge in [-0.25, -0.2) is 0 Å². The van der Waals surface area contributed by atoms with Crippen LogP contribution in [-0.4, -0.2) is 12.6 Å². The number of fused-ring (bicyclic) bond motifs is 1. The lowest BCUT2D eigenvalue weighted by Gasteiger charge is -2.36. The molecule has 1 heterocycles. The lowest BCUT2D eigenvalue weighted by molar-refractivity contribution is 0.212. The fraction of sp³-hybridized carbons (Fsp3) is 1.00. The fourth-order valence-corrected chi connectivity index (χ4v) is 2.47. The molecular weight excluding hydrogens is 158 g/mol. The lowest BCUT2D eigenvalue weighted by Crippen LogP contribution is -2.42. The van der Waals surface area contributed by atoms with Crippen molar-refractivity contribution < 1.29 is 0 Å². The monoisotopic (exact) mass is 175 g/mol. The van der Waals surface area contributed by atoms with Crippen LogP contribution in [0, 0.1) is 5.92 Å². The number of rotatable bonds is 0. The van der Waals surface area contributed by atoms with Crippen molar-refractivity contribution in [2.45, 2.75) is 44.6 Å². The van der Waals surface area contributed by atoms with Gasteiger partial charge in [0.25, 0.3) is 0 Å². The average Bonchev–Trinajstić information content (AvgIpc) is 2.05. The Morgan fingerprint density at radius 3 is 2.45 bits per heavy atom. The summed E-state index contributed by atoms with van der Waals surface area (Å²) in [5.41, 5.74) is 0. The molecule has 0 amide bonds. The summed E-state index contributed by atoms with van der Waals surface area (Å²) in [4.78, 5) is 0. The van der Waals surface area contributed by atoms with Crippen LogP contribution in [0.3, 0.4) is 0 Å². The zero-order chi connectivity index (χ0) is 6.81. The highest BCUT2D eigenvalue weighted by Gasteiger charge is 2.26. The van der Waals surface area contributed by atoms with Crippen molar-refractivity contribution in [1.29, 1.82) is 0 Å². The van der Waals surface area contributed by atoms with Gasteiger partial charge in [-0.1, -0.05) is 12.8 Å². The largest absolute Gasteiger partial charge is 0.314 e. The molecule has 66 valence electrons. The van der Waals surface area contributed by atoms with Crippen LogP contribution in [0.4, 0.5) is 0 Å². The van der Waals surface area contributed by atoms with Gasteiger partial charge in [0, 0.05) is 6.04 Å². The zero-order valence-corrected chi connectivity index (χ0v) is 7.83. The van der Waals surface area contributed by atoms with Gasteiger partial charge in [-0.2, -0.15) is 0 Å². The molecule has 1 aliphatic carbocycles. The van der Waals surface area contributed by atoms with Gasteiger partial charge in [0.1, 0.15) is 0 Å². The molecule has 0 bridgehead atoms. The van der Waals surface area contributed by atoms with Crippen molar-refractivity contribution in [3.05, 3.63) is 0 Å². The van der Waals surface area contributed by atoms with E-state index in [1.165, 1.54) is 45.1 Å². The third-order valence-corrected chi connectivity index (χ3v) is 3.07. The minimum Gasteiger partial charge on any atom is -0.314 e. The Bertz CT molecular complexity index is 90.1. The minimum atomic E-state index is 0. The van der Waals surface area contributed by atoms with Gasteiger partial charge in [-0.3, -0.25) is 0 Å². The smallest absolute Gasteiger partial charge is 0.00953 e. The van der Waals surface area contributed by atoms with Crippen LogP contribution in [0.1, 0.15) is 38.5 Å². The molecule has 0 aromatic heterocycles. The molecule has 1 aliphatic heterocycles. The van der Waals surface area contributed by atoms with Crippen LogP contribution in [-0.2, 0) is 0 Å². The Balaban J connectivity index is 0.000000605. The first kappa shape index (κ1) is 9.34. The van der Waals surface area contributed by atoms with Crippen molar-refractivity contribution in [2.24, 2.45) is 5.92 Å². The lowest BCUT2D eigenvalue weighted by atomic mass is 9.80. The minimum absolute atomic E-state index is 0. The highest BCUT2D eigenvalue weighted by Crippen LogP contribution is 2.29. The van der Waals surface area contributed by atoms with Gasteiger partial charge in [0.15, 0.2) is 0 Å². The molecule has 2 atom stereocenters. The molecule has 2 rings (SSSR count). The van der Waals surface area contributed by atoms with Crippen molar-refractivity contribution in [1.82, 2.24) is 5.32 Å². The molecule has 2 heteroatoms. The van der Waals surface area contributed by atoms with E-state index >= 15 is 0 Å². The molecule has 1 saturated carbocycles. The summed E-state index contributed by atoms with van der Waals surface area (Å²) in [7, 11) is 0. The van der Waals surface area contributed by atoms with E-state index in [1.54, 1.807) is 0 Å². The van der Waals surface area contributed by atoms with Crippen LogP contribution < -0.4 is 5.32 Å². The van der Waals surface area contributed by atoms with E-state index in [-0.39, 0.29) is 12.4 Å². The maximum Gasteiger partial charge on any atom is 0.00953 e. The molecule has 0 radical (unpaired) electrons. The number of piperidine rings is 1. The maximum absolute atomic E-state index is 3.62. The number of hydrogen-bond acceptors (Lipinski definition) is 1. The van der Waals surface area contributed by atoms with Crippen molar-refractivity contribution in [3.8, 4) is 0 Å². The first-order valence-corrected chi connectivity index (χ1v) is 4.70. The first-order valence-electron chi connectivity index (χ1n) is 4.70. The van der Waals surface area contributed by atoms with Crippen LogP contribution in [0.15, 0.2) is 0 Å². The summed E-state index contributed by atoms with van der Waals surface area (Å²) >= 11 is 0. The van der Waals surface area contributed by atoms with E-state index in [0.717, 1.165) is 12.0 Å². The van der Waals surface area contributed by atoms with Crippen LogP contribution in [0.25, 0.3) is 0 Å². The first-order chi connectivity index (χ1) is 4.97. The Hall–Kier alpha value is 0.250. The second-order valence-electron chi connectivity index (χ2n) is 3.75. The van der Waals surface area contributed by atoms with Gasteiger partial charge in [0.05, 0.1) is 0 Å². The summed E-state index contributed by atoms with van der Waals surface area (Å²) in [6, 6.07) is 0.905. The molecular formula is C9H18ClN. The molecule has 2 fully saturated rings. The van der Waals surface area contributed by atoms with Gasteiger partial charge >= 0.3 is 0 Å². The van der Waals surface area contributed by atoms with Crippen molar-refractivity contribution >= 4 is 12.4 Å². The SMILES string of the molecule is C1CCC2NCCCC2C1.Cl. The van der Waals surface area contributed by atoms with E-state index in [2.05, 4.69) is 5.32 Å². The molecule has 0 aromatic rings. The molecule has 2 unspecified atom stereocenters. The fourth-order valence-electron chi connectivity index (χ4n) is 2.47. The van der Waals surface area contributed by atoms with Gasteiger partial charge < -0.3 is 5.32 Å². The molecule has 11 heavy (non-hydrogen) atoms. The summed E-state index contributed by atoms with van der Waals surface area (Å²) in [5, 5.41) is 3.62. The molecule has 2 aliphatic rings. The molecule has 0 spiro atoms. The average molecular weight is 176 g/mol. The van der Waals surface area contributed by atoms with Gasteiger partial charge in [0.2, 0.25) is 0 Å². The Kier molecular flexibility index (Phi) is 3.67. The van der Waals surface area contributed by atoms with Crippen LogP contribution >= 0.6 is 12.4 Å². The molecule has 1 saturated heterocycles. The third-order valence-electron chi connectivity index (χ3n) is 3.07. The van der Waals surface area contributed by atoms with E-state index in [0.29, 0.717) is 0 Å². The zero-order valence-electron chi connectivity index (χ0n) is 7.01. The summed E-state index contributed by atoms with van der Waals surface area (Å²) in [5.74, 6) is 1.04. The normalized spacial score (nSPS) is 37.1. The highest BCUT2D eigenvalue weighted by molar-refractivity contribution is 5.85. The maximum atomic E-state index is 3.62. The van der Waals surface area contributed by atoms with Gasteiger partial charge in [-0.05, 0) is 38.1 Å². The second kappa shape index (κ2) is 4.32. The van der Waals surface area contributed by atoms with Crippen molar-refractivity contribution in [2.75, 3.05) is 6.54 Å². The predicted octanol–water partition coefficient (Wildman–Crippen LogP) is 2.35. The quantitative estimate of drug-likeness (QED) is 0.596. The molecule has 1 N–H and O–H groups in total. The Morgan fingerprint density at radius 1 is 0.909 bits per heavy atom. The third kappa shape index (κ3) is 2.09. The highest BCUT2D eigenvalue weighted by atomic mass is 35.5. The number of nitrogens with one attached hydrogen (secondary N) is 1. The standard InChI is InChI=1S/C9H17N.ClH/c1-2-6-9-8(4-1)5-3-7-10-9;/h8-10H,1-7H2;1H. The predicted molar refractivity (Wildman–Crippen MR) is 50.2 cm³/mol. The molecule has 1 nitrogen and oxygen atoms in total. The second-order valence-corrected chi connectivity index (χ2v) is 3.75. The van der Waals surface area contributed by atoms with Crippen LogP contribution in [0.5, 0.6) is 0 Å². The summed E-state index contributed by atoms with van der Waals surface area (Å²) in [6.45, 7) is 1.28. The number of hydrogen-bond donors (Lipinski definition) is 1. The summed E-state index contributed by atoms with van der Waals surface area (Å²) in [6.07, 6.45) is 8.82. The Morgan fingerprint density at radius 2 is 1.64 bits per heavy atom. The van der Waals surface area contributed by atoms with E-state index < -0.39 is 0 Å². The van der Waals surface area contributed by atoms with Crippen LogP contribution in [0.2, 0.25) is 0 Å². The van der Waals surface area contributed by atoms with E-state index in [9.17, 15) is 0 Å². The van der Waals surface area contributed by atoms with Gasteiger partial charge in [-0.15, -0.1) is 12.4 Å². The van der Waals surface area contributed by atoms with E-state index in [1.807, 2.05) is 0 Å². The summed E-state index contributed by atoms with van der Waals surface area (Å²) < 4.78 is 0.